The number of pyridine rings is 1. The third-order valence-electron chi connectivity index (χ3n) is 5.26. The van der Waals surface area contributed by atoms with Gasteiger partial charge < -0.3 is 5.11 Å². The molecule has 1 saturated heterocycles. The summed E-state index contributed by atoms with van der Waals surface area (Å²) in [7, 11) is -3.28. The number of nitriles is 1. The van der Waals surface area contributed by atoms with Crippen LogP contribution in [0.15, 0.2) is 34.1 Å². The molecule has 29 heavy (non-hydrogen) atoms. The topological polar surface area (TPSA) is 113 Å². The molecule has 1 fully saturated rings. The van der Waals surface area contributed by atoms with Gasteiger partial charge in [-0.1, -0.05) is 32.0 Å². The van der Waals surface area contributed by atoms with Crippen LogP contribution in [0.4, 0.5) is 5.69 Å². The number of para-hydroxylation sites is 1. The largest absolute Gasteiger partial charge is 0.494 e. The molecule has 0 bridgehead atoms. The lowest BCUT2D eigenvalue weighted by Crippen LogP contribution is -2.29. The van der Waals surface area contributed by atoms with Gasteiger partial charge in [0.25, 0.3) is 5.56 Å². The highest BCUT2D eigenvalue weighted by Gasteiger charge is 2.33. The Labute approximate surface area is 169 Å². The summed E-state index contributed by atoms with van der Waals surface area (Å²) in [5.41, 5.74) is 1.51. The Bertz CT molecular complexity index is 1190. The minimum atomic E-state index is -3.28. The fourth-order valence-corrected chi connectivity index (χ4v) is 5.34. The van der Waals surface area contributed by atoms with Crippen LogP contribution in [0, 0.1) is 18.3 Å². The van der Waals surface area contributed by atoms with Crippen LogP contribution in [0.2, 0.25) is 0 Å². The second-order valence-corrected chi connectivity index (χ2v) is 9.78. The van der Waals surface area contributed by atoms with E-state index in [0.717, 1.165) is 15.8 Å². The van der Waals surface area contributed by atoms with Crippen molar-refractivity contribution in [3.63, 3.8) is 0 Å². The highest BCUT2D eigenvalue weighted by atomic mass is 32.2. The highest BCUT2D eigenvalue weighted by Crippen LogP contribution is 2.31. The fourth-order valence-electron chi connectivity index (χ4n) is 3.64. The van der Waals surface area contributed by atoms with Crippen LogP contribution in [0.3, 0.4) is 0 Å². The van der Waals surface area contributed by atoms with Crippen LogP contribution in [0.1, 0.15) is 54.5 Å². The number of aromatic nitrogens is 1. The van der Waals surface area contributed by atoms with E-state index >= 15 is 0 Å². The van der Waals surface area contributed by atoms with Crippen molar-refractivity contribution >= 4 is 21.7 Å². The van der Waals surface area contributed by atoms with Crippen molar-refractivity contribution in [1.29, 1.82) is 5.26 Å². The van der Waals surface area contributed by atoms with Crippen molar-refractivity contribution in [3.05, 3.63) is 56.9 Å². The molecule has 1 aliphatic rings. The molecule has 0 aliphatic carbocycles. The van der Waals surface area contributed by atoms with Gasteiger partial charge in [0, 0.05) is 6.21 Å². The van der Waals surface area contributed by atoms with Crippen molar-refractivity contribution in [1.82, 2.24) is 4.57 Å². The molecule has 1 unspecified atom stereocenters. The zero-order chi connectivity index (χ0) is 21.3. The fraction of sp³-hybridized carbons (Fsp3) is 0.381. The number of hydrogen-bond acceptors (Lipinski definition) is 6. The normalized spacial score (nSPS) is 18.4. The molecule has 1 aromatic heterocycles. The van der Waals surface area contributed by atoms with Crippen LogP contribution in [0.25, 0.3) is 0 Å². The maximum Gasteiger partial charge on any atom is 0.271 e. The standard InChI is InChI=1S/C21H23N3O4S/c1-13(2)16-6-4-5-7-19(16)23-11-18-14(3)17(10-22)20(25)24(21(18)26)15-8-9-29(27,28)12-15/h4-7,11,13,15,26H,8-9,12H2,1-3H3. The van der Waals surface area contributed by atoms with E-state index in [1.807, 2.05) is 44.2 Å². The second kappa shape index (κ2) is 7.84. The van der Waals surface area contributed by atoms with Crippen LogP contribution in [0.5, 0.6) is 5.88 Å². The number of sulfone groups is 1. The minimum absolute atomic E-state index is 0.0511. The Hall–Kier alpha value is -2.92. The van der Waals surface area contributed by atoms with Gasteiger partial charge in [-0.25, -0.2) is 8.42 Å². The summed E-state index contributed by atoms with van der Waals surface area (Å²) in [5, 5.41) is 20.3. The van der Waals surface area contributed by atoms with Crippen LogP contribution in [-0.2, 0) is 9.84 Å². The van der Waals surface area contributed by atoms with E-state index < -0.39 is 21.4 Å². The van der Waals surface area contributed by atoms with E-state index in [1.165, 1.54) is 6.21 Å². The molecule has 2 heterocycles. The van der Waals surface area contributed by atoms with Gasteiger partial charge in [0.1, 0.15) is 11.6 Å². The summed E-state index contributed by atoms with van der Waals surface area (Å²) in [5.74, 6) is -0.407. The van der Waals surface area contributed by atoms with Gasteiger partial charge in [-0.3, -0.25) is 14.4 Å². The summed E-state index contributed by atoms with van der Waals surface area (Å²) >= 11 is 0. The Kier molecular flexibility index (Phi) is 5.62. The van der Waals surface area contributed by atoms with E-state index in [2.05, 4.69) is 4.99 Å². The van der Waals surface area contributed by atoms with Gasteiger partial charge in [-0.2, -0.15) is 5.26 Å². The number of hydrogen-bond donors (Lipinski definition) is 1. The SMILES string of the molecule is Cc1c(C=Nc2ccccc2C(C)C)c(O)n(C2CCS(=O)(=O)C2)c(=O)c1C#N. The Morgan fingerprint density at radius 2 is 2.03 bits per heavy atom. The lowest BCUT2D eigenvalue weighted by atomic mass is 10.0. The van der Waals surface area contributed by atoms with Gasteiger partial charge in [0.05, 0.1) is 28.8 Å². The summed E-state index contributed by atoms with van der Waals surface area (Å²) in [4.78, 5) is 17.2. The average molecular weight is 413 g/mol. The molecule has 0 saturated carbocycles. The molecule has 1 N–H and O–H groups in total. The molecule has 0 amide bonds. The third-order valence-corrected chi connectivity index (χ3v) is 7.01. The first kappa shape index (κ1) is 20.8. The van der Waals surface area contributed by atoms with Gasteiger partial charge in [-0.15, -0.1) is 0 Å². The van der Waals surface area contributed by atoms with E-state index in [4.69, 9.17) is 0 Å². The van der Waals surface area contributed by atoms with E-state index in [9.17, 15) is 23.6 Å². The number of aliphatic imine (C=N–C) groups is 1. The molecule has 0 radical (unpaired) electrons. The minimum Gasteiger partial charge on any atom is -0.494 e. The predicted molar refractivity (Wildman–Crippen MR) is 112 cm³/mol. The second-order valence-electron chi connectivity index (χ2n) is 7.55. The molecule has 1 aliphatic heterocycles. The van der Waals surface area contributed by atoms with E-state index in [0.29, 0.717) is 5.56 Å². The molecule has 1 aromatic carbocycles. The molecule has 1 atom stereocenters. The first-order valence-electron chi connectivity index (χ1n) is 9.38. The number of aromatic hydroxyl groups is 1. The zero-order valence-corrected chi connectivity index (χ0v) is 17.4. The maximum atomic E-state index is 12.8. The molecule has 152 valence electrons. The lowest BCUT2D eigenvalue weighted by Gasteiger charge is -2.18. The average Bonchev–Trinajstić information content (AvgIpc) is 3.01. The van der Waals surface area contributed by atoms with Crippen molar-refractivity contribution < 1.29 is 13.5 Å². The Morgan fingerprint density at radius 3 is 2.62 bits per heavy atom. The van der Waals surface area contributed by atoms with Crippen LogP contribution in [-0.4, -0.2) is 35.8 Å². The molecule has 0 spiro atoms. The van der Waals surface area contributed by atoms with Gasteiger partial charge in [-0.05, 0) is 36.5 Å². The van der Waals surface area contributed by atoms with Crippen LogP contribution >= 0.6 is 0 Å². The summed E-state index contributed by atoms with van der Waals surface area (Å²) < 4.78 is 24.8. The highest BCUT2D eigenvalue weighted by molar-refractivity contribution is 7.91. The number of nitrogens with zero attached hydrogens (tertiary/aromatic N) is 3. The molecular weight excluding hydrogens is 390 g/mol. The smallest absolute Gasteiger partial charge is 0.271 e. The third kappa shape index (κ3) is 3.96. The lowest BCUT2D eigenvalue weighted by molar-refractivity contribution is 0.379. The monoisotopic (exact) mass is 413 g/mol. The quantitative estimate of drug-likeness (QED) is 0.774. The van der Waals surface area contributed by atoms with Gasteiger partial charge in [0.2, 0.25) is 5.88 Å². The number of benzene rings is 1. The first-order valence-corrected chi connectivity index (χ1v) is 11.2. The molecule has 7 nitrogen and oxygen atoms in total. The van der Waals surface area contributed by atoms with Gasteiger partial charge in [0.15, 0.2) is 9.84 Å². The van der Waals surface area contributed by atoms with Crippen molar-refractivity contribution in [3.8, 4) is 11.9 Å². The molecule has 3 rings (SSSR count). The van der Waals surface area contributed by atoms with Gasteiger partial charge >= 0.3 is 0 Å². The summed E-state index contributed by atoms with van der Waals surface area (Å²) in [6.45, 7) is 5.67. The van der Waals surface area contributed by atoms with E-state index in [-0.39, 0.29) is 40.9 Å². The van der Waals surface area contributed by atoms with Crippen molar-refractivity contribution in [2.24, 2.45) is 4.99 Å². The predicted octanol–water partition coefficient (Wildman–Crippen LogP) is 2.97. The maximum absolute atomic E-state index is 12.8. The van der Waals surface area contributed by atoms with E-state index in [1.54, 1.807) is 6.92 Å². The summed E-state index contributed by atoms with van der Waals surface area (Å²) in [6, 6.07) is 8.79. The first-order chi connectivity index (χ1) is 13.7. The molecule has 8 heteroatoms. The zero-order valence-electron chi connectivity index (χ0n) is 16.6. The Balaban J connectivity index is 2.17. The Morgan fingerprint density at radius 1 is 1.34 bits per heavy atom. The van der Waals surface area contributed by atoms with Crippen molar-refractivity contribution in [2.75, 3.05) is 11.5 Å². The van der Waals surface area contributed by atoms with Crippen molar-refractivity contribution in [2.45, 2.75) is 39.2 Å². The number of rotatable bonds is 4. The molecular formula is C21H23N3O4S. The molecule has 2 aromatic rings. The summed E-state index contributed by atoms with van der Waals surface area (Å²) in [6.07, 6.45) is 1.66. The van der Waals surface area contributed by atoms with Crippen LogP contribution < -0.4 is 5.56 Å².